The number of carbonyl (C=O) groups is 2. The second kappa shape index (κ2) is 8.02. The topological polar surface area (TPSA) is 94.6 Å². The van der Waals surface area contributed by atoms with Gasteiger partial charge in [0.2, 0.25) is 5.91 Å². The first-order chi connectivity index (χ1) is 12.6. The molecule has 3 rings (SSSR count). The van der Waals surface area contributed by atoms with Gasteiger partial charge in [0.05, 0.1) is 6.26 Å². The van der Waals surface area contributed by atoms with Crippen LogP contribution in [-0.2, 0) is 13.2 Å². The molecule has 132 valence electrons. The number of ether oxygens (including phenoxy) is 1. The van der Waals surface area contributed by atoms with E-state index in [0.717, 1.165) is 5.56 Å². The van der Waals surface area contributed by atoms with Gasteiger partial charge < -0.3 is 20.2 Å². The lowest BCUT2D eigenvalue weighted by atomic mass is 10.1. The fourth-order valence-corrected chi connectivity index (χ4v) is 2.42. The van der Waals surface area contributed by atoms with Gasteiger partial charge >= 0.3 is 0 Å². The number of para-hydroxylation sites is 1. The first kappa shape index (κ1) is 17.3. The molecule has 6 nitrogen and oxygen atoms in total. The van der Waals surface area contributed by atoms with Crippen LogP contribution in [0.25, 0.3) is 0 Å². The van der Waals surface area contributed by atoms with Gasteiger partial charge in [-0.05, 0) is 35.9 Å². The summed E-state index contributed by atoms with van der Waals surface area (Å²) in [4.78, 5) is 23.6. The maximum Gasteiger partial charge on any atom is 0.287 e. The van der Waals surface area contributed by atoms with Gasteiger partial charge in [0.15, 0.2) is 5.76 Å². The molecule has 0 aliphatic rings. The number of primary amides is 1. The Morgan fingerprint density at radius 2 is 1.85 bits per heavy atom. The van der Waals surface area contributed by atoms with Crippen molar-refractivity contribution in [3.63, 3.8) is 0 Å². The van der Waals surface area contributed by atoms with Gasteiger partial charge in [0.25, 0.3) is 5.91 Å². The molecule has 26 heavy (non-hydrogen) atoms. The smallest absolute Gasteiger partial charge is 0.287 e. The van der Waals surface area contributed by atoms with Crippen LogP contribution in [0.15, 0.2) is 71.3 Å². The van der Waals surface area contributed by atoms with Crippen LogP contribution in [0.2, 0.25) is 0 Å². The van der Waals surface area contributed by atoms with E-state index in [1.807, 2.05) is 30.3 Å². The molecule has 0 fully saturated rings. The Labute approximate surface area is 150 Å². The number of furan rings is 1. The molecular formula is C20H18N2O4. The normalized spacial score (nSPS) is 10.3. The van der Waals surface area contributed by atoms with Crippen molar-refractivity contribution >= 4 is 11.8 Å². The van der Waals surface area contributed by atoms with E-state index >= 15 is 0 Å². The molecule has 0 bridgehead atoms. The predicted molar refractivity (Wildman–Crippen MR) is 95.6 cm³/mol. The molecule has 0 saturated heterocycles. The standard InChI is InChI=1S/C20H18N2O4/c21-19(23)15-6-4-5-14(11-15)12-22-20(24)18-16(9-10-25-18)13-26-17-7-2-1-3-8-17/h1-11H,12-13H2,(H2,21,23)(H,22,24). The molecule has 2 amide bonds. The molecule has 0 saturated carbocycles. The highest BCUT2D eigenvalue weighted by Gasteiger charge is 2.16. The molecule has 1 heterocycles. The lowest BCUT2D eigenvalue weighted by molar-refractivity contribution is 0.0919. The third-order valence-electron chi connectivity index (χ3n) is 3.76. The molecule has 0 aliphatic heterocycles. The average Bonchev–Trinajstić information content (AvgIpc) is 3.14. The van der Waals surface area contributed by atoms with Crippen LogP contribution < -0.4 is 15.8 Å². The molecule has 0 aliphatic carbocycles. The summed E-state index contributed by atoms with van der Waals surface area (Å²) in [6.45, 7) is 0.472. The molecule has 0 spiro atoms. The van der Waals surface area contributed by atoms with Crippen molar-refractivity contribution in [3.8, 4) is 5.75 Å². The van der Waals surface area contributed by atoms with Crippen LogP contribution in [0.3, 0.4) is 0 Å². The van der Waals surface area contributed by atoms with E-state index in [1.165, 1.54) is 6.26 Å². The van der Waals surface area contributed by atoms with Gasteiger partial charge in [-0.15, -0.1) is 0 Å². The molecule has 2 aromatic carbocycles. The Morgan fingerprint density at radius 1 is 1.04 bits per heavy atom. The van der Waals surface area contributed by atoms with Gasteiger partial charge in [-0.1, -0.05) is 30.3 Å². The summed E-state index contributed by atoms with van der Waals surface area (Å²) in [7, 11) is 0. The minimum absolute atomic E-state index is 0.201. The highest BCUT2D eigenvalue weighted by Crippen LogP contribution is 2.16. The first-order valence-corrected chi connectivity index (χ1v) is 8.04. The molecule has 0 radical (unpaired) electrons. The quantitative estimate of drug-likeness (QED) is 0.685. The van der Waals surface area contributed by atoms with Gasteiger partial charge in [0.1, 0.15) is 12.4 Å². The maximum atomic E-state index is 12.4. The number of hydrogen-bond acceptors (Lipinski definition) is 4. The lowest BCUT2D eigenvalue weighted by Crippen LogP contribution is -2.24. The average molecular weight is 350 g/mol. The van der Waals surface area contributed by atoms with E-state index in [1.54, 1.807) is 30.3 Å². The van der Waals surface area contributed by atoms with Gasteiger partial charge in [-0.3, -0.25) is 9.59 Å². The zero-order valence-electron chi connectivity index (χ0n) is 14.0. The van der Waals surface area contributed by atoms with Crippen LogP contribution in [-0.4, -0.2) is 11.8 Å². The van der Waals surface area contributed by atoms with E-state index in [4.69, 9.17) is 14.9 Å². The SMILES string of the molecule is NC(=O)c1cccc(CNC(=O)c2occc2COc2ccccc2)c1. The van der Waals surface area contributed by atoms with E-state index in [9.17, 15) is 9.59 Å². The molecular weight excluding hydrogens is 332 g/mol. The zero-order valence-corrected chi connectivity index (χ0v) is 14.0. The summed E-state index contributed by atoms with van der Waals surface area (Å²) in [5, 5.41) is 2.77. The van der Waals surface area contributed by atoms with Crippen molar-refractivity contribution < 1.29 is 18.7 Å². The number of hydrogen-bond donors (Lipinski definition) is 2. The van der Waals surface area contributed by atoms with Crippen LogP contribution in [0.4, 0.5) is 0 Å². The fraction of sp³-hybridized carbons (Fsp3) is 0.100. The Kier molecular flexibility index (Phi) is 5.34. The summed E-state index contributed by atoms with van der Waals surface area (Å²) >= 11 is 0. The summed E-state index contributed by atoms with van der Waals surface area (Å²) in [5.41, 5.74) is 7.07. The monoisotopic (exact) mass is 350 g/mol. The minimum Gasteiger partial charge on any atom is -0.489 e. The van der Waals surface area contributed by atoms with Crippen molar-refractivity contribution in [2.45, 2.75) is 13.2 Å². The van der Waals surface area contributed by atoms with Gasteiger partial charge in [-0.25, -0.2) is 0 Å². The van der Waals surface area contributed by atoms with Crippen molar-refractivity contribution in [2.75, 3.05) is 0 Å². The molecule has 3 aromatic rings. The number of rotatable bonds is 7. The maximum absolute atomic E-state index is 12.4. The van der Waals surface area contributed by atoms with E-state index in [0.29, 0.717) is 16.9 Å². The number of carbonyl (C=O) groups excluding carboxylic acids is 2. The second-order valence-electron chi connectivity index (χ2n) is 5.62. The molecule has 1 aromatic heterocycles. The highest BCUT2D eigenvalue weighted by atomic mass is 16.5. The van der Waals surface area contributed by atoms with Crippen molar-refractivity contribution in [1.82, 2.24) is 5.32 Å². The highest BCUT2D eigenvalue weighted by molar-refractivity contribution is 5.93. The number of nitrogens with one attached hydrogen (secondary N) is 1. The Hall–Kier alpha value is -3.54. The van der Waals surface area contributed by atoms with Gasteiger partial charge in [0, 0.05) is 17.7 Å². The Bertz CT molecular complexity index is 903. The summed E-state index contributed by atoms with van der Waals surface area (Å²) in [5.74, 6) is 0.0472. The Morgan fingerprint density at radius 3 is 2.62 bits per heavy atom. The fourth-order valence-electron chi connectivity index (χ4n) is 2.42. The molecule has 0 unspecified atom stereocenters. The van der Waals surface area contributed by atoms with Crippen LogP contribution in [0.1, 0.15) is 32.0 Å². The lowest BCUT2D eigenvalue weighted by Gasteiger charge is -2.08. The number of benzene rings is 2. The predicted octanol–water partition coefficient (Wildman–Crippen LogP) is 2.89. The zero-order chi connectivity index (χ0) is 18.4. The van der Waals surface area contributed by atoms with Crippen LogP contribution in [0, 0.1) is 0 Å². The van der Waals surface area contributed by atoms with E-state index < -0.39 is 5.91 Å². The van der Waals surface area contributed by atoms with Crippen molar-refractivity contribution in [2.24, 2.45) is 5.73 Å². The van der Waals surface area contributed by atoms with Crippen LogP contribution >= 0.6 is 0 Å². The summed E-state index contributed by atoms with van der Waals surface area (Å²) in [6, 6.07) is 17.8. The minimum atomic E-state index is -0.510. The van der Waals surface area contributed by atoms with Crippen LogP contribution in [0.5, 0.6) is 5.75 Å². The van der Waals surface area contributed by atoms with Crippen molar-refractivity contribution in [3.05, 3.63) is 89.4 Å². The summed E-state index contributed by atoms with van der Waals surface area (Å²) < 4.78 is 11.0. The van der Waals surface area contributed by atoms with E-state index in [2.05, 4.69) is 5.32 Å². The number of nitrogens with two attached hydrogens (primary N) is 1. The molecule has 6 heteroatoms. The molecule has 3 N–H and O–H groups in total. The second-order valence-corrected chi connectivity index (χ2v) is 5.62. The number of amides is 2. The van der Waals surface area contributed by atoms with E-state index in [-0.39, 0.29) is 24.8 Å². The molecule has 0 atom stereocenters. The summed E-state index contributed by atoms with van der Waals surface area (Å²) in [6.07, 6.45) is 1.45. The third-order valence-corrected chi connectivity index (χ3v) is 3.76. The Balaban J connectivity index is 1.61. The van der Waals surface area contributed by atoms with Crippen molar-refractivity contribution in [1.29, 1.82) is 0 Å². The third kappa shape index (κ3) is 4.30. The van der Waals surface area contributed by atoms with Gasteiger partial charge in [-0.2, -0.15) is 0 Å². The first-order valence-electron chi connectivity index (χ1n) is 8.04. The largest absolute Gasteiger partial charge is 0.489 e.